The Bertz CT molecular complexity index is 666. The van der Waals surface area contributed by atoms with Gasteiger partial charge in [-0.2, -0.15) is 0 Å². The molecule has 128 valence electrons. The van der Waals surface area contributed by atoms with Crippen LogP contribution >= 0.6 is 12.4 Å². The predicted octanol–water partition coefficient (Wildman–Crippen LogP) is 2.21. The molecule has 0 aromatic heterocycles. The molecule has 3 rings (SSSR count). The lowest BCUT2D eigenvalue weighted by atomic mass is 10.1. The minimum absolute atomic E-state index is 0. The average Bonchev–Trinajstić information content (AvgIpc) is 2.99. The van der Waals surface area contributed by atoms with Gasteiger partial charge in [-0.25, -0.2) is 0 Å². The van der Waals surface area contributed by atoms with Gasteiger partial charge in [0.25, 0.3) is 5.91 Å². The molecule has 0 radical (unpaired) electrons. The number of hydrogen-bond acceptors (Lipinski definition) is 4. The van der Waals surface area contributed by atoms with E-state index in [1.165, 1.54) is 0 Å². The summed E-state index contributed by atoms with van der Waals surface area (Å²) in [5.74, 6) is 1.04. The van der Waals surface area contributed by atoms with E-state index in [0.29, 0.717) is 36.7 Å². The molecule has 1 fully saturated rings. The highest BCUT2D eigenvalue weighted by atomic mass is 35.5. The van der Waals surface area contributed by atoms with E-state index in [2.05, 4.69) is 10.6 Å². The summed E-state index contributed by atoms with van der Waals surface area (Å²) in [4.78, 5) is 12.4. The first-order chi connectivity index (χ1) is 11.2. The summed E-state index contributed by atoms with van der Waals surface area (Å²) >= 11 is 0. The van der Waals surface area contributed by atoms with Gasteiger partial charge < -0.3 is 20.5 Å². The van der Waals surface area contributed by atoms with Crippen LogP contribution in [0.5, 0.6) is 11.5 Å². The molecular weight excluding hydrogens is 328 g/mol. The average molecular weight is 349 g/mol. The van der Waals surface area contributed by atoms with Crippen LogP contribution in [-0.2, 0) is 0 Å². The number of aliphatic hydroxyl groups is 1. The molecule has 1 aliphatic heterocycles. The van der Waals surface area contributed by atoms with Crippen LogP contribution in [0.1, 0.15) is 10.4 Å². The van der Waals surface area contributed by atoms with Gasteiger partial charge in [-0.3, -0.25) is 4.79 Å². The summed E-state index contributed by atoms with van der Waals surface area (Å²) in [6.45, 7) is 1.73. The number of aliphatic hydroxyl groups excluding tert-OH is 1. The highest BCUT2D eigenvalue weighted by Crippen LogP contribution is 2.25. The first kappa shape index (κ1) is 18.3. The normalized spacial score (nSPS) is 19.4. The maximum atomic E-state index is 12.4. The van der Waals surface area contributed by atoms with Crippen molar-refractivity contribution in [1.29, 1.82) is 0 Å². The predicted molar refractivity (Wildman–Crippen MR) is 94.9 cm³/mol. The monoisotopic (exact) mass is 348 g/mol. The van der Waals surface area contributed by atoms with Gasteiger partial charge in [0.05, 0.1) is 11.7 Å². The molecule has 3 N–H and O–H groups in total. The molecule has 0 bridgehead atoms. The van der Waals surface area contributed by atoms with Gasteiger partial charge in [-0.15, -0.1) is 12.4 Å². The number of carbonyl (C=O) groups is 1. The Balaban J connectivity index is 0.00000208. The van der Waals surface area contributed by atoms with Crippen molar-refractivity contribution >= 4 is 18.3 Å². The van der Waals surface area contributed by atoms with Gasteiger partial charge in [-0.05, 0) is 24.3 Å². The van der Waals surface area contributed by atoms with Gasteiger partial charge in [0, 0.05) is 25.6 Å². The highest BCUT2D eigenvalue weighted by molar-refractivity contribution is 5.97. The van der Waals surface area contributed by atoms with Crippen molar-refractivity contribution < 1.29 is 14.6 Å². The van der Waals surface area contributed by atoms with Crippen molar-refractivity contribution in [3.8, 4) is 11.5 Å². The number of nitrogens with one attached hydrogen (secondary N) is 2. The van der Waals surface area contributed by atoms with E-state index in [1.807, 2.05) is 36.4 Å². The number of hydrogen-bond donors (Lipinski definition) is 3. The molecular formula is C18H21ClN2O3. The Labute approximate surface area is 147 Å². The molecule has 1 amide bonds. The van der Waals surface area contributed by atoms with Crippen LogP contribution in [0, 0.1) is 5.92 Å². The number of carbonyl (C=O) groups excluding carboxylic acids is 1. The van der Waals surface area contributed by atoms with Crippen molar-refractivity contribution in [3.63, 3.8) is 0 Å². The van der Waals surface area contributed by atoms with Crippen LogP contribution in [0.2, 0.25) is 0 Å². The topological polar surface area (TPSA) is 70.6 Å². The maximum absolute atomic E-state index is 12.4. The number of ether oxygens (including phenoxy) is 1. The second-order valence-electron chi connectivity index (χ2n) is 5.61. The highest BCUT2D eigenvalue weighted by Gasteiger charge is 2.25. The number of benzene rings is 2. The number of β-amino-alcohol motifs (C(OH)–C–C–N with tert-alkyl or cyclic N) is 1. The van der Waals surface area contributed by atoms with Gasteiger partial charge in [0.15, 0.2) is 0 Å². The van der Waals surface area contributed by atoms with Crippen LogP contribution in [0.15, 0.2) is 54.6 Å². The number of amides is 1. The van der Waals surface area contributed by atoms with E-state index in [0.717, 1.165) is 0 Å². The lowest BCUT2D eigenvalue weighted by Gasteiger charge is -2.15. The van der Waals surface area contributed by atoms with Crippen molar-refractivity contribution in [2.45, 2.75) is 6.10 Å². The summed E-state index contributed by atoms with van der Waals surface area (Å²) in [5, 5.41) is 15.8. The molecule has 0 aliphatic carbocycles. The first-order valence-electron chi connectivity index (χ1n) is 7.73. The fourth-order valence-electron chi connectivity index (χ4n) is 2.61. The van der Waals surface area contributed by atoms with Gasteiger partial charge in [0.2, 0.25) is 0 Å². The zero-order valence-corrected chi connectivity index (χ0v) is 14.0. The summed E-state index contributed by atoms with van der Waals surface area (Å²) in [7, 11) is 0. The third-order valence-corrected chi connectivity index (χ3v) is 3.93. The number of rotatable bonds is 5. The smallest absolute Gasteiger partial charge is 0.255 e. The summed E-state index contributed by atoms with van der Waals surface area (Å²) < 4.78 is 5.80. The first-order valence-corrected chi connectivity index (χ1v) is 7.73. The molecule has 6 heteroatoms. The Morgan fingerprint density at radius 2 is 1.83 bits per heavy atom. The van der Waals surface area contributed by atoms with Crippen LogP contribution < -0.4 is 15.4 Å². The maximum Gasteiger partial charge on any atom is 0.255 e. The molecule has 0 saturated carbocycles. The van der Waals surface area contributed by atoms with E-state index in [4.69, 9.17) is 4.74 Å². The number of halogens is 1. The molecule has 5 nitrogen and oxygen atoms in total. The largest absolute Gasteiger partial charge is 0.457 e. The molecule has 2 atom stereocenters. The molecule has 0 spiro atoms. The van der Waals surface area contributed by atoms with Crippen molar-refractivity contribution in [2.75, 3.05) is 19.6 Å². The third kappa shape index (κ3) is 4.47. The fourth-order valence-corrected chi connectivity index (χ4v) is 2.61. The van der Waals surface area contributed by atoms with Crippen molar-refractivity contribution in [1.82, 2.24) is 10.6 Å². The minimum Gasteiger partial charge on any atom is -0.457 e. The van der Waals surface area contributed by atoms with Gasteiger partial charge in [-0.1, -0.05) is 30.3 Å². The Kier molecular flexibility index (Phi) is 6.61. The SMILES string of the molecule is Cl.O=C(NCC1CNCC1O)c1ccccc1Oc1ccccc1. The molecule has 2 aromatic carbocycles. The number of para-hydroxylation sites is 2. The van der Waals surface area contributed by atoms with E-state index in [9.17, 15) is 9.90 Å². The fraction of sp³-hybridized carbons (Fsp3) is 0.278. The van der Waals surface area contributed by atoms with E-state index < -0.39 is 6.10 Å². The zero-order valence-electron chi connectivity index (χ0n) is 13.1. The summed E-state index contributed by atoms with van der Waals surface area (Å²) in [5.41, 5.74) is 0.483. The quantitative estimate of drug-likeness (QED) is 0.774. The molecule has 24 heavy (non-hydrogen) atoms. The van der Waals surface area contributed by atoms with Crippen LogP contribution in [0.3, 0.4) is 0 Å². The van der Waals surface area contributed by atoms with Crippen LogP contribution in [0.4, 0.5) is 0 Å². The van der Waals surface area contributed by atoms with Crippen molar-refractivity contribution in [2.24, 2.45) is 5.92 Å². The van der Waals surface area contributed by atoms with E-state index >= 15 is 0 Å². The lowest BCUT2D eigenvalue weighted by molar-refractivity contribution is 0.0925. The van der Waals surface area contributed by atoms with Crippen molar-refractivity contribution in [3.05, 3.63) is 60.2 Å². The van der Waals surface area contributed by atoms with Gasteiger partial charge >= 0.3 is 0 Å². The summed E-state index contributed by atoms with van der Waals surface area (Å²) in [6, 6.07) is 16.5. The molecule has 1 aliphatic rings. The standard InChI is InChI=1S/C18H20N2O3.ClH/c21-16-12-19-10-13(16)11-20-18(22)15-8-4-5-9-17(15)23-14-6-2-1-3-7-14;/h1-9,13,16,19,21H,10-12H2,(H,20,22);1H. The third-order valence-electron chi connectivity index (χ3n) is 3.93. The molecule has 1 saturated heterocycles. The van der Waals surface area contributed by atoms with Crippen LogP contribution in [-0.4, -0.2) is 36.8 Å². The Morgan fingerprint density at radius 1 is 1.12 bits per heavy atom. The summed E-state index contributed by atoms with van der Waals surface area (Å²) in [6.07, 6.45) is -0.411. The second-order valence-corrected chi connectivity index (χ2v) is 5.61. The van der Waals surface area contributed by atoms with E-state index in [1.54, 1.807) is 18.2 Å². The minimum atomic E-state index is -0.411. The molecule has 2 unspecified atom stereocenters. The zero-order chi connectivity index (χ0) is 16.1. The van der Waals surface area contributed by atoms with E-state index in [-0.39, 0.29) is 24.2 Å². The Hall–Kier alpha value is -2.08. The lowest BCUT2D eigenvalue weighted by Crippen LogP contribution is -2.34. The second kappa shape index (κ2) is 8.68. The van der Waals surface area contributed by atoms with Gasteiger partial charge in [0.1, 0.15) is 11.5 Å². The molecule has 2 aromatic rings. The molecule has 1 heterocycles. The Morgan fingerprint density at radius 3 is 2.54 bits per heavy atom. The van der Waals surface area contributed by atoms with Crippen LogP contribution in [0.25, 0.3) is 0 Å².